The van der Waals surface area contributed by atoms with Gasteiger partial charge in [-0.1, -0.05) is 70.7 Å². The van der Waals surface area contributed by atoms with Crippen molar-refractivity contribution in [2.24, 2.45) is 0 Å². The number of halogens is 6. The quantitative estimate of drug-likeness (QED) is 0.295. The molecule has 11 heteroatoms. The molecule has 1 unspecified atom stereocenters. The van der Waals surface area contributed by atoms with Gasteiger partial charge < -0.3 is 16.0 Å². The lowest BCUT2D eigenvalue weighted by molar-refractivity contribution is -0.137. The lowest BCUT2D eigenvalue weighted by Crippen LogP contribution is -2.56. The number of hydrogen-bond donors (Lipinski definition) is 3. The zero-order valence-electron chi connectivity index (χ0n) is 15.5. The van der Waals surface area contributed by atoms with Crippen molar-refractivity contribution in [3.63, 3.8) is 0 Å². The third kappa shape index (κ3) is 7.83. The second-order valence-corrected chi connectivity index (χ2v) is 9.16. The molecular formula is C19H17Cl3F3N3OS. The number of carbonyl (C=O) groups excluding carboxylic acids is 1. The molecule has 0 radical (unpaired) electrons. The molecule has 0 saturated heterocycles. The van der Waals surface area contributed by atoms with Gasteiger partial charge in [0, 0.05) is 5.69 Å². The second-order valence-electron chi connectivity index (χ2n) is 6.38. The maximum atomic E-state index is 12.8. The molecule has 2 aromatic carbocycles. The van der Waals surface area contributed by atoms with E-state index in [2.05, 4.69) is 16.0 Å². The molecule has 1 amide bonds. The van der Waals surface area contributed by atoms with E-state index in [4.69, 9.17) is 47.0 Å². The summed E-state index contributed by atoms with van der Waals surface area (Å²) in [5.74, 6) is -0.440. The Kier molecular flexibility index (Phi) is 8.21. The molecule has 0 aliphatic rings. The minimum absolute atomic E-state index is 0.0347. The molecule has 2 rings (SSSR count). The van der Waals surface area contributed by atoms with Gasteiger partial charge in [0.1, 0.15) is 6.17 Å². The number of aryl methyl sites for hydroxylation is 1. The van der Waals surface area contributed by atoms with Gasteiger partial charge in [-0.2, -0.15) is 13.2 Å². The molecule has 0 aromatic heterocycles. The first-order chi connectivity index (χ1) is 13.8. The van der Waals surface area contributed by atoms with E-state index >= 15 is 0 Å². The molecular weight excluding hydrogens is 482 g/mol. The molecule has 1 atom stereocenters. The molecule has 0 heterocycles. The van der Waals surface area contributed by atoms with Crippen LogP contribution in [0.5, 0.6) is 0 Å². The van der Waals surface area contributed by atoms with Crippen molar-refractivity contribution in [2.45, 2.75) is 29.5 Å². The molecule has 0 bridgehead atoms. The van der Waals surface area contributed by atoms with E-state index in [1.54, 1.807) is 12.1 Å². The average Bonchev–Trinajstić information content (AvgIpc) is 2.62. The van der Waals surface area contributed by atoms with E-state index in [0.29, 0.717) is 0 Å². The number of alkyl halides is 6. The van der Waals surface area contributed by atoms with Gasteiger partial charge in [0.05, 0.1) is 12.0 Å². The molecule has 4 nitrogen and oxygen atoms in total. The zero-order chi connectivity index (χ0) is 22.5. The standard InChI is InChI=1S/C19H17Cl3F3N3OS/c1-11-5-7-12(8-6-11)9-15(29)27-16(18(20,21)22)28-17(30)26-14-4-2-3-13(10-14)19(23,24)25/h2-8,10,16H,9H2,1H3,(H,27,29)(H2,26,28,30). The van der Waals surface area contributed by atoms with Gasteiger partial charge in [-0.3, -0.25) is 4.79 Å². The molecule has 0 aliphatic carbocycles. The van der Waals surface area contributed by atoms with Crippen LogP contribution < -0.4 is 16.0 Å². The highest BCUT2D eigenvalue weighted by molar-refractivity contribution is 7.80. The van der Waals surface area contributed by atoms with E-state index in [0.717, 1.165) is 23.3 Å². The zero-order valence-corrected chi connectivity index (χ0v) is 18.6. The summed E-state index contributed by atoms with van der Waals surface area (Å²) in [4.78, 5) is 12.3. The van der Waals surface area contributed by atoms with Crippen LogP contribution in [0.1, 0.15) is 16.7 Å². The van der Waals surface area contributed by atoms with Crippen molar-refractivity contribution < 1.29 is 18.0 Å². The summed E-state index contributed by atoms with van der Waals surface area (Å²) in [7, 11) is 0. The van der Waals surface area contributed by atoms with Gasteiger partial charge in [0.2, 0.25) is 9.70 Å². The van der Waals surface area contributed by atoms with E-state index < -0.39 is 27.6 Å². The first kappa shape index (κ1) is 24.5. The fraction of sp³-hybridized carbons (Fsp3) is 0.263. The van der Waals surface area contributed by atoms with Crippen LogP contribution in [-0.2, 0) is 17.4 Å². The van der Waals surface area contributed by atoms with Crippen LogP contribution in [0.2, 0.25) is 0 Å². The third-order valence-electron chi connectivity index (χ3n) is 3.84. The maximum absolute atomic E-state index is 12.8. The first-order valence-corrected chi connectivity index (χ1v) is 10.1. The molecule has 0 saturated carbocycles. The van der Waals surface area contributed by atoms with Gasteiger partial charge in [0.25, 0.3) is 0 Å². The number of hydrogen-bond acceptors (Lipinski definition) is 2. The lowest BCUT2D eigenvalue weighted by atomic mass is 10.1. The Morgan fingerprint density at radius 1 is 1.07 bits per heavy atom. The normalized spacial score (nSPS) is 12.8. The summed E-state index contributed by atoms with van der Waals surface area (Å²) in [5.41, 5.74) is 1.04. The van der Waals surface area contributed by atoms with Crippen LogP contribution >= 0.6 is 47.0 Å². The Morgan fingerprint density at radius 3 is 2.27 bits per heavy atom. The second kappa shape index (κ2) is 10.0. The number of benzene rings is 2. The molecule has 162 valence electrons. The Labute approximate surface area is 192 Å². The van der Waals surface area contributed by atoms with Crippen LogP contribution in [0.25, 0.3) is 0 Å². The van der Waals surface area contributed by atoms with Crippen molar-refractivity contribution in [1.29, 1.82) is 0 Å². The van der Waals surface area contributed by atoms with Crippen LogP contribution in [0.15, 0.2) is 48.5 Å². The largest absolute Gasteiger partial charge is 0.416 e. The van der Waals surface area contributed by atoms with Gasteiger partial charge in [-0.15, -0.1) is 0 Å². The van der Waals surface area contributed by atoms with E-state index in [1.165, 1.54) is 12.1 Å². The maximum Gasteiger partial charge on any atom is 0.416 e. The van der Waals surface area contributed by atoms with E-state index in [-0.39, 0.29) is 17.2 Å². The number of nitrogens with one attached hydrogen (secondary N) is 3. The summed E-state index contributed by atoms with van der Waals surface area (Å²) in [6, 6.07) is 11.8. The van der Waals surface area contributed by atoms with E-state index in [1.807, 2.05) is 19.1 Å². The van der Waals surface area contributed by atoms with Crippen molar-refractivity contribution in [3.05, 3.63) is 65.2 Å². The molecule has 0 fully saturated rings. The molecule has 30 heavy (non-hydrogen) atoms. The van der Waals surface area contributed by atoms with Crippen LogP contribution in [0.4, 0.5) is 18.9 Å². The summed E-state index contributed by atoms with van der Waals surface area (Å²) >= 11 is 22.8. The fourth-order valence-corrected chi connectivity index (χ4v) is 2.94. The molecule has 0 aliphatic heterocycles. The summed E-state index contributed by atoms with van der Waals surface area (Å²) < 4.78 is 36.5. The summed E-state index contributed by atoms with van der Waals surface area (Å²) in [6.07, 6.45) is -5.70. The van der Waals surface area contributed by atoms with Crippen molar-refractivity contribution in [2.75, 3.05) is 5.32 Å². The Morgan fingerprint density at radius 2 is 1.70 bits per heavy atom. The highest BCUT2D eigenvalue weighted by atomic mass is 35.6. The number of rotatable bonds is 5. The van der Waals surface area contributed by atoms with Crippen molar-refractivity contribution in [3.8, 4) is 0 Å². The summed E-state index contributed by atoms with van der Waals surface area (Å²) in [5, 5.41) is 7.56. The Balaban J connectivity index is 2.03. The van der Waals surface area contributed by atoms with Gasteiger partial charge in [-0.25, -0.2) is 0 Å². The number of amides is 1. The predicted molar refractivity (Wildman–Crippen MR) is 118 cm³/mol. The predicted octanol–water partition coefficient (Wildman–Crippen LogP) is 5.36. The smallest absolute Gasteiger partial charge is 0.339 e. The molecule has 0 spiro atoms. The number of anilines is 1. The summed E-state index contributed by atoms with van der Waals surface area (Å²) in [6.45, 7) is 1.92. The average molecular weight is 499 g/mol. The van der Waals surface area contributed by atoms with Gasteiger partial charge in [-0.05, 0) is 42.9 Å². The fourth-order valence-electron chi connectivity index (χ4n) is 2.37. The minimum atomic E-state index is -4.50. The lowest BCUT2D eigenvalue weighted by Gasteiger charge is -2.28. The molecule has 3 N–H and O–H groups in total. The van der Waals surface area contributed by atoms with Gasteiger partial charge >= 0.3 is 6.18 Å². The highest BCUT2D eigenvalue weighted by Gasteiger charge is 2.35. The van der Waals surface area contributed by atoms with E-state index in [9.17, 15) is 18.0 Å². The van der Waals surface area contributed by atoms with Crippen LogP contribution in [0, 0.1) is 6.92 Å². The topological polar surface area (TPSA) is 53.2 Å². The number of carbonyl (C=O) groups is 1. The number of thiocarbonyl (C=S) groups is 1. The van der Waals surface area contributed by atoms with Crippen LogP contribution in [0.3, 0.4) is 0 Å². The van der Waals surface area contributed by atoms with Crippen molar-refractivity contribution in [1.82, 2.24) is 10.6 Å². The monoisotopic (exact) mass is 497 g/mol. The third-order valence-corrected chi connectivity index (χ3v) is 4.72. The Hall–Kier alpha value is -1.74. The Bertz CT molecular complexity index is 902. The minimum Gasteiger partial charge on any atom is -0.339 e. The van der Waals surface area contributed by atoms with Crippen molar-refractivity contribution >= 4 is 63.7 Å². The SMILES string of the molecule is Cc1ccc(CC(=O)NC(NC(=S)Nc2cccc(C(F)(F)F)c2)C(Cl)(Cl)Cl)cc1. The first-order valence-electron chi connectivity index (χ1n) is 8.51. The van der Waals surface area contributed by atoms with Crippen LogP contribution in [-0.4, -0.2) is 21.0 Å². The molecule has 2 aromatic rings. The highest BCUT2D eigenvalue weighted by Crippen LogP contribution is 2.31. The van der Waals surface area contributed by atoms with Gasteiger partial charge in [0.15, 0.2) is 5.11 Å².